The number of benzene rings is 2. The molecule has 4 rings (SSSR count). The quantitative estimate of drug-likeness (QED) is 0.630. The highest BCUT2D eigenvalue weighted by Gasteiger charge is 2.34. The number of aliphatic imine (C=N–C) groups is 1. The Kier molecular flexibility index (Phi) is 6.88. The molecule has 0 aromatic heterocycles. The molecule has 0 radical (unpaired) electrons. The molecular weight excluding hydrogens is 446 g/mol. The summed E-state index contributed by atoms with van der Waals surface area (Å²) < 4.78 is 33.1. The third-order valence-corrected chi connectivity index (χ3v) is 8.57. The summed E-state index contributed by atoms with van der Waals surface area (Å²) in [5, 5.41) is 0.586. The van der Waals surface area contributed by atoms with Crippen molar-refractivity contribution in [2.75, 3.05) is 25.4 Å². The molecule has 2 heterocycles. The fourth-order valence-corrected chi connectivity index (χ4v) is 6.50. The average Bonchev–Trinajstić information content (AvgIpc) is 3.46. The number of amides is 1. The van der Waals surface area contributed by atoms with Gasteiger partial charge in [0, 0.05) is 30.4 Å². The Morgan fingerprint density at radius 1 is 1.16 bits per heavy atom. The highest BCUT2D eigenvalue weighted by Crippen LogP contribution is 2.33. The molecule has 2 aliphatic rings. The van der Waals surface area contributed by atoms with E-state index >= 15 is 0 Å². The number of sulfonamides is 1. The van der Waals surface area contributed by atoms with E-state index in [1.54, 1.807) is 23.1 Å². The molecule has 2 aromatic carbocycles. The van der Waals surface area contributed by atoms with Crippen LogP contribution < -0.4 is 4.74 Å². The van der Waals surface area contributed by atoms with Crippen molar-refractivity contribution >= 4 is 38.5 Å². The molecule has 0 spiro atoms. The first-order valence-electron chi connectivity index (χ1n) is 10.8. The first kappa shape index (κ1) is 22.8. The minimum Gasteiger partial charge on any atom is -0.492 e. The Labute approximate surface area is 193 Å². The Balaban J connectivity index is 1.65. The second kappa shape index (κ2) is 9.64. The molecule has 0 bridgehead atoms. The molecule has 0 N–H and O–H groups in total. The van der Waals surface area contributed by atoms with Crippen LogP contribution in [0.3, 0.4) is 0 Å². The molecule has 1 unspecified atom stereocenters. The SMILES string of the molecule is CCOc1ccccc1N=C1SCC(C)N1C(=O)c1cccc(S(=O)(=O)N2CCCC2)c1. The molecule has 9 heteroatoms. The molecule has 32 heavy (non-hydrogen) atoms. The van der Waals surface area contributed by atoms with E-state index in [9.17, 15) is 13.2 Å². The van der Waals surface area contributed by atoms with Gasteiger partial charge in [0.05, 0.1) is 11.5 Å². The van der Waals surface area contributed by atoms with Gasteiger partial charge in [0.1, 0.15) is 11.4 Å². The third kappa shape index (κ3) is 4.55. The van der Waals surface area contributed by atoms with Crippen LogP contribution >= 0.6 is 11.8 Å². The molecule has 0 saturated carbocycles. The zero-order valence-electron chi connectivity index (χ0n) is 18.2. The molecule has 170 valence electrons. The maximum Gasteiger partial charge on any atom is 0.260 e. The first-order chi connectivity index (χ1) is 15.4. The van der Waals surface area contributed by atoms with Crippen LogP contribution in [0.25, 0.3) is 0 Å². The van der Waals surface area contributed by atoms with Crippen molar-refractivity contribution in [2.45, 2.75) is 37.6 Å². The van der Waals surface area contributed by atoms with Gasteiger partial charge < -0.3 is 4.74 Å². The van der Waals surface area contributed by atoms with Gasteiger partial charge in [-0.3, -0.25) is 9.69 Å². The monoisotopic (exact) mass is 473 g/mol. The van der Waals surface area contributed by atoms with Crippen LogP contribution in [0.4, 0.5) is 5.69 Å². The predicted molar refractivity (Wildman–Crippen MR) is 127 cm³/mol. The summed E-state index contributed by atoms with van der Waals surface area (Å²) in [6, 6.07) is 13.7. The number of hydrogen-bond donors (Lipinski definition) is 0. The summed E-state index contributed by atoms with van der Waals surface area (Å²) in [5.74, 6) is 1.12. The van der Waals surface area contributed by atoms with E-state index in [2.05, 4.69) is 0 Å². The van der Waals surface area contributed by atoms with Crippen molar-refractivity contribution in [3.05, 3.63) is 54.1 Å². The molecule has 2 fully saturated rings. The van der Waals surface area contributed by atoms with Gasteiger partial charge in [-0.2, -0.15) is 4.31 Å². The molecule has 1 atom stereocenters. The van der Waals surface area contributed by atoms with Crippen LogP contribution in [0.5, 0.6) is 5.75 Å². The van der Waals surface area contributed by atoms with Crippen molar-refractivity contribution in [1.29, 1.82) is 0 Å². The van der Waals surface area contributed by atoms with E-state index in [4.69, 9.17) is 9.73 Å². The standard InChI is InChI=1S/C23H27N3O4S2/c1-3-30-21-12-5-4-11-20(21)24-23-26(17(2)16-31-23)22(27)18-9-8-10-19(15-18)32(28,29)25-13-6-7-14-25/h4-5,8-12,15,17H,3,6-7,13-14,16H2,1-2H3. The molecular formula is C23H27N3O4S2. The number of carbonyl (C=O) groups is 1. The lowest BCUT2D eigenvalue weighted by atomic mass is 10.2. The van der Waals surface area contributed by atoms with Gasteiger partial charge in [-0.15, -0.1) is 0 Å². The minimum atomic E-state index is -3.60. The predicted octanol–water partition coefficient (Wildman–Crippen LogP) is 4.14. The highest BCUT2D eigenvalue weighted by atomic mass is 32.2. The summed E-state index contributed by atoms with van der Waals surface area (Å²) in [6.07, 6.45) is 1.73. The fraction of sp³-hybridized carbons (Fsp3) is 0.391. The van der Waals surface area contributed by atoms with Crippen LogP contribution in [0.2, 0.25) is 0 Å². The van der Waals surface area contributed by atoms with E-state index in [1.807, 2.05) is 38.1 Å². The topological polar surface area (TPSA) is 79.3 Å². The Morgan fingerprint density at radius 2 is 1.91 bits per heavy atom. The number of ether oxygens (including phenoxy) is 1. The zero-order chi connectivity index (χ0) is 22.7. The summed E-state index contributed by atoms with van der Waals surface area (Å²) in [5.41, 5.74) is 1.000. The Bertz CT molecular complexity index is 1130. The molecule has 0 aliphatic carbocycles. The lowest BCUT2D eigenvalue weighted by Gasteiger charge is -2.22. The molecule has 2 saturated heterocycles. The van der Waals surface area contributed by atoms with E-state index in [0.29, 0.717) is 47.6 Å². The van der Waals surface area contributed by atoms with E-state index in [0.717, 1.165) is 12.8 Å². The van der Waals surface area contributed by atoms with Crippen LogP contribution in [0, 0.1) is 0 Å². The Morgan fingerprint density at radius 3 is 2.66 bits per heavy atom. The van der Waals surface area contributed by atoms with Crippen molar-refractivity contribution in [1.82, 2.24) is 9.21 Å². The normalized spacial score (nSPS) is 20.8. The maximum atomic E-state index is 13.5. The number of thioether (sulfide) groups is 1. The van der Waals surface area contributed by atoms with Crippen molar-refractivity contribution in [2.24, 2.45) is 4.99 Å². The van der Waals surface area contributed by atoms with Crippen LogP contribution in [-0.2, 0) is 10.0 Å². The van der Waals surface area contributed by atoms with Crippen LogP contribution in [0.1, 0.15) is 37.0 Å². The van der Waals surface area contributed by atoms with Crippen LogP contribution in [-0.4, -0.2) is 60.2 Å². The van der Waals surface area contributed by atoms with Gasteiger partial charge >= 0.3 is 0 Å². The number of hydrogen-bond acceptors (Lipinski definition) is 6. The van der Waals surface area contributed by atoms with Gasteiger partial charge in [0.15, 0.2) is 5.17 Å². The first-order valence-corrected chi connectivity index (χ1v) is 13.2. The van der Waals surface area contributed by atoms with Gasteiger partial charge in [-0.05, 0) is 57.0 Å². The van der Waals surface area contributed by atoms with Crippen molar-refractivity contribution in [3.63, 3.8) is 0 Å². The molecule has 2 aliphatic heterocycles. The summed E-state index contributed by atoms with van der Waals surface area (Å²) >= 11 is 1.51. The van der Waals surface area contributed by atoms with Gasteiger partial charge in [0.2, 0.25) is 10.0 Å². The average molecular weight is 474 g/mol. The van der Waals surface area contributed by atoms with E-state index < -0.39 is 10.0 Å². The van der Waals surface area contributed by atoms with E-state index in [-0.39, 0.29) is 16.8 Å². The second-order valence-electron chi connectivity index (χ2n) is 7.77. The Hall–Kier alpha value is -2.36. The summed E-state index contributed by atoms with van der Waals surface area (Å²) in [4.78, 5) is 20.0. The van der Waals surface area contributed by atoms with E-state index in [1.165, 1.54) is 22.1 Å². The minimum absolute atomic E-state index is 0.0654. The fourth-order valence-electron chi connectivity index (χ4n) is 3.84. The number of rotatable bonds is 6. The van der Waals surface area contributed by atoms with Crippen molar-refractivity contribution < 1.29 is 17.9 Å². The number of carbonyl (C=O) groups excluding carboxylic acids is 1. The van der Waals surface area contributed by atoms with Gasteiger partial charge in [-0.25, -0.2) is 13.4 Å². The summed E-state index contributed by atoms with van der Waals surface area (Å²) in [7, 11) is -3.60. The summed E-state index contributed by atoms with van der Waals surface area (Å²) in [6.45, 7) is 5.45. The lowest BCUT2D eigenvalue weighted by Crippen LogP contribution is -2.37. The van der Waals surface area contributed by atoms with Gasteiger partial charge in [0.25, 0.3) is 5.91 Å². The largest absolute Gasteiger partial charge is 0.492 e. The number of para-hydroxylation sites is 2. The number of amidine groups is 1. The third-order valence-electron chi connectivity index (χ3n) is 5.48. The smallest absolute Gasteiger partial charge is 0.260 e. The highest BCUT2D eigenvalue weighted by molar-refractivity contribution is 8.14. The second-order valence-corrected chi connectivity index (χ2v) is 10.7. The molecule has 2 aromatic rings. The zero-order valence-corrected chi connectivity index (χ0v) is 19.9. The van der Waals surface area contributed by atoms with Crippen molar-refractivity contribution in [3.8, 4) is 5.75 Å². The maximum absolute atomic E-state index is 13.5. The molecule has 7 nitrogen and oxygen atoms in total. The number of nitrogens with zero attached hydrogens (tertiary/aromatic N) is 3. The van der Waals surface area contributed by atoms with Crippen LogP contribution in [0.15, 0.2) is 58.4 Å². The lowest BCUT2D eigenvalue weighted by molar-refractivity contribution is 0.0828. The molecule has 1 amide bonds. The van der Waals surface area contributed by atoms with Gasteiger partial charge in [-0.1, -0.05) is 30.0 Å².